The van der Waals surface area contributed by atoms with Crippen LogP contribution in [0.4, 0.5) is 0 Å². The molecule has 0 amide bonds. The van der Waals surface area contributed by atoms with Gasteiger partial charge in [-0.25, -0.2) is 9.97 Å². The highest BCUT2D eigenvalue weighted by atomic mass is 15.2. The lowest BCUT2D eigenvalue weighted by atomic mass is 10.0. The molecular formula is C51H30N4. The number of fused-ring (bicyclic) bond motifs is 12. The number of hydrogen-bond donors (Lipinski definition) is 0. The summed E-state index contributed by atoms with van der Waals surface area (Å²) in [4.78, 5) is 10.7. The predicted molar refractivity (Wildman–Crippen MR) is 229 cm³/mol. The molecule has 4 heteroatoms. The molecular weight excluding hydrogens is 669 g/mol. The van der Waals surface area contributed by atoms with Crippen molar-refractivity contribution < 1.29 is 0 Å². The van der Waals surface area contributed by atoms with Gasteiger partial charge < -0.3 is 4.40 Å². The summed E-state index contributed by atoms with van der Waals surface area (Å²) in [7, 11) is 0. The van der Waals surface area contributed by atoms with Crippen LogP contribution in [0.15, 0.2) is 170 Å². The van der Waals surface area contributed by atoms with Crippen molar-refractivity contribution in [3.05, 3.63) is 181 Å². The first-order valence-electron chi connectivity index (χ1n) is 19.0. The lowest BCUT2D eigenvalue weighted by Gasteiger charge is -2.11. The molecule has 0 aliphatic heterocycles. The highest BCUT2D eigenvalue weighted by Gasteiger charge is 2.24. The Kier molecular flexibility index (Phi) is 5.65. The highest BCUT2D eigenvalue weighted by Crippen LogP contribution is 2.46. The topological polar surface area (TPSA) is 35.1 Å². The maximum atomic E-state index is 5.39. The second-order valence-corrected chi connectivity index (χ2v) is 14.9. The van der Waals surface area contributed by atoms with Crippen molar-refractivity contribution in [3.63, 3.8) is 0 Å². The first kappa shape index (κ1) is 29.2. The molecule has 0 fully saturated rings. The number of para-hydroxylation sites is 4. The maximum Gasteiger partial charge on any atom is 0.235 e. The van der Waals surface area contributed by atoms with Crippen LogP contribution in [-0.4, -0.2) is 18.9 Å². The van der Waals surface area contributed by atoms with Crippen molar-refractivity contribution in [3.8, 4) is 17.2 Å². The van der Waals surface area contributed by atoms with Gasteiger partial charge in [0.25, 0.3) is 0 Å². The predicted octanol–water partition coefficient (Wildman–Crippen LogP) is 12.9. The smallest absolute Gasteiger partial charge is 0.235 e. The zero-order chi connectivity index (χ0) is 35.8. The molecule has 0 bridgehead atoms. The van der Waals surface area contributed by atoms with Crippen LogP contribution < -0.4 is 0 Å². The molecule has 0 radical (unpaired) electrons. The van der Waals surface area contributed by atoms with Crippen LogP contribution in [0.1, 0.15) is 11.1 Å². The summed E-state index contributed by atoms with van der Waals surface area (Å²) in [5, 5.41) is 13.7. The third-order valence-corrected chi connectivity index (χ3v) is 12.1. The van der Waals surface area contributed by atoms with Crippen LogP contribution in [0.5, 0.6) is 0 Å². The number of nitrogens with zero attached hydrogens (tertiary/aromatic N) is 4. The molecule has 12 aromatic rings. The lowest BCUT2D eigenvalue weighted by molar-refractivity contribution is 1.01. The summed E-state index contributed by atoms with van der Waals surface area (Å²) in [5.41, 5.74) is 11.5. The van der Waals surface area contributed by atoms with Crippen molar-refractivity contribution in [1.29, 1.82) is 0 Å². The number of hydrogen-bond acceptors (Lipinski definition) is 2. The first-order valence-corrected chi connectivity index (χ1v) is 19.0. The maximum absolute atomic E-state index is 5.39. The molecule has 254 valence electrons. The molecule has 55 heavy (non-hydrogen) atoms. The van der Waals surface area contributed by atoms with Gasteiger partial charge in [-0.2, -0.15) is 0 Å². The third-order valence-electron chi connectivity index (χ3n) is 12.1. The lowest BCUT2D eigenvalue weighted by Crippen LogP contribution is -2.03. The molecule has 4 aromatic heterocycles. The Morgan fingerprint density at radius 2 is 0.945 bits per heavy atom. The first-order chi connectivity index (χ1) is 27.3. The van der Waals surface area contributed by atoms with Gasteiger partial charge in [0, 0.05) is 43.3 Å². The fourth-order valence-electron chi connectivity index (χ4n) is 9.90. The van der Waals surface area contributed by atoms with E-state index in [9.17, 15) is 0 Å². The molecule has 0 N–H and O–H groups in total. The summed E-state index contributed by atoms with van der Waals surface area (Å²) in [6.45, 7) is 0. The van der Waals surface area contributed by atoms with Gasteiger partial charge in [-0.1, -0.05) is 146 Å². The van der Waals surface area contributed by atoms with E-state index in [4.69, 9.17) is 9.97 Å². The van der Waals surface area contributed by atoms with E-state index in [1.54, 1.807) is 0 Å². The minimum atomic E-state index is 0.662. The van der Waals surface area contributed by atoms with Gasteiger partial charge in [0.05, 0.1) is 38.8 Å². The largest absolute Gasteiger partial charge is 0.307 e. The Bertz CT molecular complexity index is 3680. The molecule has 4 nitrogen and oxygen atoms in total. The summed E-state index contributed by atoms with van der Waals surface area (Å²) < 4.78 is 4.85. The van der Waals surface area contributed by atoms with Crippen molar-refractivity contribution in [1.82, 2.24) is 18.9 Å². The third kappa shape index (κ3) is 3.80. The molecule has 0 unspecified atom stereocenters. The standard InChI is InChI=1S/C51H30N4/c1-2-13-30(14-3-1)48-39-18-4-7-24-41(39)52-51(53-48)54-43-26-9-6-19-40(43)47-44(54)28-27-38-37-23-12-22-36-35-21-11-16-32-29-31-15-10-20-34(45(31)46(32)35)33-17-5-8-25-42(33)55(49(36)37)50(38)47/h1-28H,29H2. The number of rotatable bonds is 2. The quantitative estimate of drug-likeness (QED) is 0.180. The Labute approximate surface area is 314 Å². The van der Waals surface area contributed by atoms with E-state index in [0.717, 1.165) is 39.6 Å². The Morgan fingerprint density at radius 1 is 0.364 bits per heavy atom. The molecule has 4 heterocycles. The summed E-state index contributed by atoms with van der Waals surface area (Å²) in [6, 6.07) is 61.9. The van der Waals surface area contributed by atoms with E-state index in [0.29, 0.717) is 5.95 Å². The highest BCUT2D eigenvalue weighted by molar-refractivity contribution is 6.31. The molecule has 0 spiro atoms. The van der Waals surface area contributed by atoms with Gasteiger partial charge in [-0.15, -0.1) is 0 Å². The van der Waals surface area contributed by atoms with Gasteiger partial charge in [-0.05, 0) is 63.4 Å². The van der Waals surface area contributed by atoms with Crippen LogP contribution in [0.25, 0.3) is 110 Å². The molecule has 0 saturated carbocycles. The van der Waals surface area contributed by atoms with Crippen LogP contribution >= 0.6 is 0 Å². The fourth-order valence-corrected chi connectivity index (χ4v) is 9.90. The van der Waals surface area contributed by atoms with Gasteiger partial charge in [0.1, 0.15) is 0 Å². The summed E-state index contributed by atoms with van der Waals surface area (Å²) >= 11 is 0. The number of benzene rings is 8. The second-order valence-electron chi connectivity index (χ2n) is 14.9. The minimum absolute atomic E-state index is 0.662. The van der Waals surface area contributed by atoms with Gasteiger partial charge >= 0.3 is 0 Å². The van der Waals surface area contributed by atoms with E-state index in [1.165, 1.54) is 81.5 Å². The second kappa shape index (κ2) is 10.6. The van der Waals surface area contributed by atoms with Crippen molar-refractivity contribution >= 4 is 92.3 Å². The van der Waals surface area contributed by atoms with E-state index >= 15 is 0 Å². The molecule has 1 aliphatic carbocycles. The van der Waals surface area contributed by atoms with Crippen molar-refractivity contribution in [2.75, 3.05) is 0 Å². The molecule has 13 rings (SSSR count). The Hall–Kier alpha value is -7.30. The van der Waals surface area contributed by atoms with Crippen LogP contribution in [0.2, 0.25) is 0 Å². The van der Waals surface area contributed by atoms with Crippen molar-refractivity contribution in [2.24, 2.45) is 0 Å². The van der Waals surface area contributed by atoms with Gasteiger partial charge in [0.2, 0.25) is 5.95 Å². The minimum Gasteiger partial charge on any atom is -0.307 e. The summed E-state index contributed by atoms with van der Waals surface area (Å²) in [6.07, 6.45) is 0.955. The van der Waals surface area contributed by atoms with E-state index in [1.807, 2.05) is 0 Å². The molecule has 0 saturated heterocycles. The van der Waals surface area contributed by atoms with E-state index in [-0.39, 0.29) is 0 Å². The fraction of sp³-hybridized carbons (Fsp3) is 0.0196. The van der Waals surface area contributed by atoms with Crippen LogP contribution in [0.3, 0.4) is 0 Å². The number of aromatic nitrogens is 4. The van der Waals surface area contributed by atoms with Crippen LogP contribution in [0, 0.1) is 0 Å². The van der Waals surface area contributed by atoms with Crippen LogP contribution in [-0.2, 0) is 6.42 Å². The average Bonchev–Trinajstić information content (AvgIpc) is 3.92. The molecule has 8 aromatic carbocycles. The monoisotopic (exact) mass is 698 g/mol. The van der Waals surface area contributed by atoms with Crippen molar-refractivity contribution in [2.45, 2.75) is 6.42 Å². The average molecular weight is 699 g/mol. The summed E-state index contributed by atoms with van der Waals surface area (Å²) in [5.74, 6) is 0.662. The van der Waals surface area contributed by atoms with E-state index < -0.39 is 0 Å². The van der Waals surface area contributed by atoms with Gasteiger partial charge in [-0.3, -0.25) is 4.57 Å². The normalized spacial score (nSPS) is 12.7. The van der Waals surface area contributed by atoms with Gasteiger partial charge in [0.15, 0.2) is 0 Å². The molecule has 1 aliphatic rings. The van der Waals surface area contributed by atoms with E-state index in [2.05, 4.69) is 179 Å². The zero-order valence-electron chi connectivity index (χ0n) is 29.7. The SMILES string of the molecule is c1ccc(-c2nc(-n3c4ccccc4c4c3ccc3c5cccc6c7cccc8c7c7c(cccc7c7ccccc7n(c65)c34)C8)nc3ccccc23)cc1. The Morgan fingerprint density at radius 3 is 1.75 bits per heavy atom. The zero-order valence-corrected chi connectivity index (χ0v) is 29.7. The Balaban J connectivity index is 1.29. The molecule has 0 atom stereocenters.